The highest BCUT2D eigenvalue weighted by molar-refractivity contribution is 9.10. The first-order valence-corrected chi connectivity index (χ1v) is 18.3. The summed E-state index contributed by atoms with van der Waals surface area (Å²) in [5.41, 5.74) is 1.85. The van der Waals surface area contributed by atoms with E-state index in [4.69, 9.17) is 28.4 Å². The molecule has 9 heteroatoms. The molecule has 0 aromatic heterocycles. The van der Waals surface area contributed by atoms with Crippen molar-refractivity contribution in [1.29, 1.82) is 0 Å². The van der Waals surface area contributed by atoms with Crippen LogP contribution in [0, 0.1) is 0 Å². The van der Waals surface area contributed by atoms with Gasteiger partial charge < -0.3 is 28.4 Å². The first kappa shape index (κ1) is 40.5. The molecule has 0 heterocycles. The topological polar surface area (TPSA) is 89.5 Å². The molecular formula is C44H47BrO8. The maximum absolute atomic E-state index is 12.3. The fourth-order valence-corrected chi connectivity index (χ4v) is 5.35. The Kier molecular flexibility index (Phi) is 14.9. The highest BCUT2D eigenvalue weighted by Gasteiger charge is 2.33. The molecule has 0 saturated carbocycles. The van der Waals surface area contributed by atoms with E-state index < -0.39 is 23.1 Å². The van der Waals surface area contributed by atoms with E-state index in [2.05, 4.69) is 15.9 Å². The van der Waals surface area contributed by atoms with Crippen LogP contribution in [0.2, 0.25) is 0 Å². The molecule has 278 valence electrons. The van der Waals surface area contributed by atoms with Crippen molar-refractivity contribution in [3.63, 3.8) is 0 Å². The molecule has 5 rings (SSSR count). The van der Waals surface area contributed by atoms with Crippen LogP contribution in [0.4, 0.5) is 0 Å². The summed E-state index contributed by atoms with van der Waals surface area (Å²) in [6, 6.07) is 40.9. The van der Waals surface area contributed by atoms with Crippen LogP contribution in [-0.4, -0.2) is 36.4 Å². The molecule has 0 spiro atoms. The number of rotatable bonds is 15. The molecule has 0 radical (unpaired) electrons. The predicted molar refractivity (Wildman–Crippen MR) is 210 cm³/mol. The molecule has 0 aliphatic heterocycles. The molecule has 53 heavy (non-hydrogen) atoms. The Morgan fingerprint density at radius 2 is 0.962 bits per heavy atom. The van der Waals surface area contributed by atoms with E-state index >= 15 is 0 Å². The van der Waals surface area contributed by atoms with Gasteiger partial charge in [-0.2, -0.15) is 0 Å². The lowest BCUT2D eigenvalue weighted by Gasteiger charge is -2.26. The third kappa shape index (κ3) is 12.4. The number of ether oxygens (including phenoxy) is 6. The normalized spacial score (nSPS) is 11.0. The highest BCUT2D eigenvalue weighted by Crippen LogP contribution is 2.36. The Morgan fingerprint density at radius 3 is 1.42 bits per heavy atom. The zero-order chi connectivity index (χ0) is 38.3. The van der Waals surface area contributed by atoms with Gasteiger partial charge in [0.2, 0.25) is 0 Å². The lowest BCUT2D eigenvalue weighted by atomic mass is 10.0. The largest absolute Gasteiger partial charge is 0.489 e. The van der Waals surface area contributed by atoms with Crippen LogP contribution in [0.15, 0.2) is 132 Å². The summed E-state index contributed by atoms with van der Waals surface area (Å²) in [6.45, 7) is 11.9. The summed E-state index contributed by atoms with van der Waals surface area (Å²) in [7, 11) is 0. The summed E-state index contributed by atoms with van der Waals surface area (Å²) in [4.78, 5) is 24.2. The average Bonchev–Trinajstić information content (AvgIpc) is 3.16. The van der Waals surface area contributed by atoms with Gasteiger partial charge in [0.25, 0.3) is 0 Å². The van der Waals surface area contributed by atoms with Gasteiger partial charge in [0.15, 0.2) is 11.2 Å². The van der Waals surface area contributed by atoms with Crippen molar-refractivity contribution in [3.8, 4) is 34.1 Å². The van der Waals surface area contributed by atoms with E-state index in [0.717, 1.165) is 28.0 Å². The fraction of sp³-hybridized carbons (Fsp3) is 0.273. The summed E-state index contributed by atoms with van der Waals surface area (Å²) >= 11 is 3.46. The van der Waals surface area contributed by atoms with Gasteiger partial charge in [-0.1, -0.05) is 91.0 Å². The fourth-order valence-electron chi connectivity index (χ4n) is 4.91. The maximum atomic E-state index is 12.3. The number of halogens is 1. The van der Waals surface area contributed by atoms with Gasteiger partial charge in [0.1, 0.15) is 36.2 Å². The van der Waals surface area contributed by atoms with Gasteiger partial charge >= 0.3 is 11.9 Å². The number of hydrogen-bond donors (Lipinski definition) is 0. The molecule has 0 aliphatic rings. The summed E-state index contributed by atoms with van der Waals surface area (Å²) < 4.78 is 34.5. The third-order valence-corrected chi connectivity index (χ3v) is 8.32. The van der Waals surface area contributed by atoms with Crippen molar-refractivity contribution in [1.82, 2.24) is 0 Å². The second-order valence-electron chi connectivity index (χ2n) is 12.8. The molecule has 0 aliphatic carbocycles. The Bertz CT molecular complexity index is 1890. The summed E-state index contributed by atoms with van der Waals surface area (Å²) in [5.74, 6) is 1.80. The van der Waals surface area contributed by atoms with E-state index in [1.165, 1.54) is 0 Å². The lowest BCUT2D eigenvalue weighted by molar-refractivity contribution is -0.159. The molecular weight excluding hydrogens is 736 g/mol. The molecule has 0 atom stereocenters. The Labute approximate surface area is 321 Å². The van der Waals surface area contributed by atoms with Crippen molar-refractivity contribution in [2.24, 2.45) is 0 Å². The zero-order valence-electron chi connectivity index (χ0n) is 31.1. The van der Waals surface area contributed by atoms with E-state index in [-0.39, 0.29) is 0 Å². The van der Waals surface area contributed by atoms with E-state index in [9.17, 15) is 9.59 Å². The van der Waals surface area contributed by atoms with Crippen LogP contribution < -0.4 is 18.9 Å². The molecule has 0 unspecified atom stereocenters. The second-order valence-corrected chi connectivity index (χ2v) is 13.7. The minimum atomic E-state index is -1.11. The molecule has 0 fully saturated rings. The molecule has 0 N–H and O–H groups in total. The second kappa shape index (κ2) is 19.5. The molecule has 5 aromatic carbocycles. The number of hydrogen-bond acceptors (Lipinski definition) is 8. The average molecular weight is 784 g/mol. The summed E-state index contributed by atoms with van der Waals surface area (Å²) in [5, 5.41) is 0. The minimum Gasteiger partial charge on any atom is -0.489 e. The Hall–Kier alpha value is -5.28. The maximum Gasteiger partial charge on any atom is 0.349 e. The Morgan fingerprint density at radius 1 is 0.547 bits per heavy atom. The number of carbonyl (C=O) groups excluding carboxylic acids is 2. The van der Waals surface area contributed by atoms with Gasteiger partial charge in [-0.05, 0) is 111 Å². The van der Waals surface area contributed by atoms with Gasteiger partial charge in [-0.25, -0.2) is 9.59 Å². The third-order valence-electron chi connectivity index (χ3n) is 7.70. The minimum absolute atomic E-state index is 0.309. The van der Waals surface area contributed by atoms with Crippen LogP contribution in [0.5, 0.6) is 23.0 Å². The van der Waals surface area contributed by atoms with Crippen LogP contribution in [0.25, 0.3) is 11.1 Å². The highest BCUT2D eigenvalue weighted by atomic mass is 79.9. The monoisotopic (exact) mass is 782 g/mol. The van der Waals surface area contributed by atoms with E-state index in [1.54, 1.807) is 47.6 Å². The molecule has 0 bridgehead atoms. The van der Waals surface area contributed by atoms with Gasteiger partial charge in [-0.15, -0.1) is 0 Å². The first-order valence-electron chi connectivity index (χ1n) is 17.5. The number of benzene rings is 5. The number of esters is 2. The van der Waals surface area contributed by atoms with Crippen molar-refractivity contribution in [2.45, 2.75) is 66.0 Å². The zero-order valence-corrected chi connectivity index (χ0v) is 32.7. The molecule has 0 saturated heterocycles. The van der Waals surface area contributed by atoms with Crippen molar-refractivity contribution in [3.05, 3.63) is 143 Å². The predicted octanol–water partition coefficient (Wildman–Crippen LogP) is 10.4. The molecule has 0 amide bonds. The van der Waals surface area contributed by atoms with Gasteiger partial charge in [0.05, 0.1) is 17.7 Å². The SMILES string of the molecule is CCOC(=O)C(C)(C)Oc1ccc(OCc2ccccc2)cc1-c1ccccc1.CCOC(=O)C(C)(C)Oc1ccc(OCc2ccccc2)cc1Br. The van der Waals surface area contributed by atoms with Gasteiger partial charge in [-0.3, -0.25) is 0 Å². The first-order chi connectivity index (χ1) is 25.4. The standard InChI is InChI=1S/C25H26O4.C19H21BrO4/c1-4-27-24(26)25(2,3)29-23-16-15-21(28-18-19-11-7-5-8-12-19)17-22(23)20-13-9-6-10-14-20;1-4-22-18(21)19(2,3)24-17-11-10-15(12-16(17)20)23-13-14-8-6-5-7-9-14/h5-17H,4,18H2,1-3H3;5-12H,4,13H2,1-3H3. The van der Waals surface area contributed by atoms with Crippen LogP contribution in [-0.2, 0) is 32.3 Å². The van der Waals surface area contributed by atoms with Crippen LogP contribution >= 0.6 is 15.9 Å². The molecule has 8 nitrogen and oxygen atoms in total. The van der Waals surface area contributed by atoms with E-state index in [0.29, 0.717) is 48.1 Å². The van der Waals surface area contributed by atoms with Crippen LogP contribution in [0.1, 0.15) is 52.7 Å². The van der Waals surface area contributed by atoms with Crippen molar-refractivity contribution >= 4 is 27.9 Å². The lowest BCUT2D eigenvalue weighted by Crippen LogP contribution is -2.39. The quantitative estimate of drug-likeness (QED) is 0.0970. The van der Waals surface area contributed by atoms with Crippen molar-refractivity contribution < 1.29 is 38.0 Å². The Balaban J connectivity index is 0.000000241. The smallest absolute Gasteiger partial charge is 0.349 e. The van der Waals surface area contributed by atoms with Crippen LogP contribution in [0.3, 0.4) is 0 Å². The van der Waals surface area contributed by atoms with E-state index in [1.807, 2.05) is 121 Å². The van der Waals surface area contributed by atoms with Crippen molar-refractivity contribution in [2.75, 3.05) is 13.2 Å². The summed E-state index contributed by atoms with van der Waals surface area (Å²) in [6.07, 6.45) is 0. The molecule has 5 aromatic rings. The van der Waals surface area contributed by atoms with Gasteiger partial charge in [0, 0.05) is 5.56 Å². The number of carbonyl (C=O) groups is 2.